The summed E-state index contributed by atoms with van der Waals surface area (Å²) < 4.78 is 4.93. The van der Waals surface area contributed by atoms with E-state index in [9.17, 15) is 9.90 Å². The molecule has 2 rings (SSSR count). The zero-order valence-electron chi connectivity index (χ0n) is 8.75. The number of carbonyl (C=O) groups excluding carboxylic acids is 1. The first-order chi connectivity index (χ1) is 7.60. The third-order valence-electron chi connectivity index (χ3n) is 2.30. The number of nitrogens with two attached hydrogens (primary N) is 1. The highest BCUT2D eigenvalue weighted by atomic mass is 16.5. The molecule has 0 saturated carbocycles. The lowest BCUT2D eigenvalue weighted by Gasteiger charge is -2.15. The van der Waals surface area contributed by atoms with Crippen LogP contribution in [0.1, 0.15) is 6.42 Å². The Morgan fingerprint density at radius 3 is 2.94 bits per heavy atom. The largest absolute Gasteiger partial charge is 0.481 e. The smallest absolute Gasteiger partial charge is 0.230 e. The summed E-state index contributed by atoms with van der Waals surface area (Å²) in [6.45, 7) is 0.221. The van der Waals surface area contributed by atoms with Crippen molar-refractivity contribution in [1.82, 2.24) is 9.97 Å². The Hall–Kier alpha value is -1.89. The normalized spacial score (nSPS) is 20.2. The van der Waals surface area contributed by atoms with Crippen LogP contribution >= 0.6 is 0 Å². The summed E-state index contributed by atoms with van der Waals surface area (Å²) in [7, 11) is 1.45. The molecule has 1 aliphatic heterocycles. The van der Waals surface area contributed by atoms with Crippen LogP contribution < -0.4 is 15.4 Å². The minimum atomic E-state index is -0.658. The van der Waals surface area contributed by atoms with Crippen molar-refractivity contribution < 1.29 is 14.6 Å². The van der Waals surface area contributed by atoms with E-state index >= 15 is 0 Å². The standard InChI is InChI=1S/C9H12N4O3/c1-16-7-3-6(11-9(10)12-7)13-4-5(14)2-8(13)15/h3,5,14H,2,4H2,1H3,(H2,10,11,12). The maximum atomic E-state index is 11.5. The molecular weight excluding hydrogens is 212 g/mol. The fourth-order valence-corrected chi connectivity index (χ4v) is 1.58. The molecule has 2 heterocycles. The van der Waals surface area contributed by atoms with E-state index in [0.29, 0.717) is 5.82 Å². The summed E-state index contributed by atoms with van der Waals surface area (Å²) in [5.41, 5.74) is 5.48. The first-order valence-corrected chi connectivity index (χ1v) is 4.77. The number of nitrogen functional groups attached to an aromatic ring is 1. The second-order valence-corrected chi connectivity index (χ2v) is 3.49. The van der Waals surface area contributed by atoms with Crippen molar-refractivity contribution in [2.75, 3.05) is 24.3 Å². The SMILES string of the molecule is COc1cc(N2CC(O)CC2=O)nc(N)n1. The van der Waals surface area contributed by atoms with E-state index in [0.717, 1.165) is 0 Å². The molecule has 0 bridgehead atoms. The second kappa shape index (κ2) is 3.93. The number of amides is 1. The number of aromatic nitrogens is 2. The molecule has 1 atom stereocenters. The number of nitrogens with zero attached hydrogens (tertiary/aromatic N) is 3. The molecule has 1 fully saturated rings. The van der Waals surface area contributed by atoms with Crippen molar-refractivity contribution in [2.24, 2.45) is 0 Å². The molecule has 3 N–H and O–H groups in total. The predicted octanol–water partition coefficient (Wildman–Crippen LogP) is -0.835. The molecule has 1 unspecified atom stereocenters. The van der Waals surface area contributed by atoms with E-state index in [1.165, 1.54) is 18.1 Å². The van der Waals surface area contributed by atoms with E-state index in [2.05, 4.69) is 9.97 Å². The lowest BCUT2D eigenvalue weighted by atomic mass is 10.3. The summed E-state index contributed by atoms with van der Waals surface area (Å²) in [5, 5.41) is 9.36. The highest BCUT2D eigenvalue weighted by molar-refractivity contribution is 5.95. The molecule has 7 nitrogen and oxygen atoms in total. The number of aliphatic hydroxyl groups excluding tert-OH is 1. The zero-order chi connectivity index (χ0) is 11.7. The lowest BCUT2D eigenvalue weighted by molar-refractivity contribution is -0.117. The average Bonchev–Trinajstić information content (AvgIpc) is 2.57. The molecule has 1 aliphatic rings. The van der Waals surface area contributed by atoms with Crippen LogP contribution in [0, 0.1) is 0 Å². The van der Waals surface area contributed by atoms with Crippen LogP contribution in [0.25, 0.3) is 0 Å². The summed E-state index contributed by atoms with van der Waals surface area (Å²) in [5.74, 6) is 0.485. The van der Waals surface area contributed by atoms with Gasteiger partial charge in [0.2, 0.25) is 17.7 Å². The van der Waals surface area contributed by atoms with Gasteiger partial charge in [-0.1, -0.05) is 0 Å². The molecule has 1 aromatic rings. The number of hydrogen-bond donors (Lipinski definition) is 2. The number of hydrogen-bond acceptors (Lipinski definition) is 6. The molecule has 0 aromatic carbocycles. The predicted molar refractivity (Wildman–Crippen MR) is 56.0 cm³/mol. The fourth-order valence-electron chi connectivity index (χ4n) is 1.58. The van der Waals surface area contributed by atoms with Gasteiger partial charge in [-0.25, -0.2) is 0 Å². The Kier molecular flexibility index (Phi) is 2.61. The van der Waals surface area contributed by atoms with E-state index in [1.807, 2.05) is 0 Å². The first-order valence-electron chi connectivity index (χ1n) is 4.77. The van der Waals surface area contributed by atoms with Crippen LogP contribution in [-0.4, -0.2) is 40.7 Å². The van der Waals surface area contributed by atoms with Gasteiger partial charge in [0.1, 0.15) is 5.82 Å². The summed E-state index contributed by atoms with van der Waals surface area (Å²) >= 11 is 0. The Labute approximate surface area is 91.9 Å². The number of carbonyl (C=O) groups is 1. The van der Waals surface area contributed by atoms with Gasteiger partial charge in [0.25, 0.3) is 0 Å². The number of rotatable bonds is 2. The van der Waals surface area contributed by atoms with Gasteiger partial charge in [0.05, 0.1) is 26.2 Å². The van der Waals surface area contributed by atoms with Gasteiger partial charge in [0.15, 0.2) is 0 Å². The minimum Gasteiger partial charge on any atom is -0.481 e. The van der Waals surface area contributed by atoms with Gasteiger partial charge in [-0.2, -0.15) is 9.97 Å². The van der Waals surface area contributed by atoms with Gasteiger partial charge in [-0.15, -0.1) is 0 Å². The lowest BCUT2D eigenvalue weighted by Crippen LogP contribution is -2.26. The van der Waals surface area contributed by atoms with Gasteiger partial charge in [-0.3, -0.25) is 9.69 Å². The van der Waals surface area contributed by atoms with Gasteiger partial charge < -0.3 is 15.6 Å². The van der Waals surface area contributed by atoms with E-state index in [-0.39, 0.29) is 30.7 Å². The minimum absolute atomic E-state index is 0.0311. The molecule has 7 heteroatoms. The molecule has 1 saturated heterocycles. The van der Waals surface area contributed by atoms with Gasteiger partial charge in [-0.05, 0) is 0 Å². The Balaban J connectivity index is 2.33. The summed E-state index contributed by atoms with van der Waals surface area (Å²) in [6.07, 6.45) is -0.554. The molecule has 1 amide bonds. The number of methoxy groups -OCH3 is 1. The highest BCUT2D eigenvalue weighted by Crippen LogP contribution is 2.23. The molecule has 0 spiro atoms. The third kappa shape index (κ3) is 1.89. The summed E-state index contributed by atoms with van der Waals surface area (Å²) in [4.78, 5) is 20.6. The zero-order valence-corrected chi connectivity index (χ0v) is 8.75. The number of β-amino-alcohol motifs (C(OH)–C–C–N with tert-alkyl or cyclic N) is 1. The van der Waals surface area contributed by atoms with Gasteiger partial charge in [0, 0.05) is 6.07 Å². The van der Waals surface area contributed by atoms with Crippen molar-refractivity contribution in [3.8, 4) is 5.88 Å². The van der Waals surface area contributed by atoms with E-state index in [4.69, 9.17) is 10.5 Å². The van der Waals surface area contributed by atoms with Gasteiger partial charge >= 0.3 is 0 Å². The Morgan fingerprint density at radius 2 is 2.38 bits per heavy atom. The Bertz CT molecular complexity index is 423. The van der Waals surface area contributed by atoms with Crippen molar-refractivity contribution in [2.45, 2.75) is 12.5 Å². The molecule has 0 aliphatic carbocycles. The third-order valence-corrected chi connectivity index (χ3v) is 2.30. The average molecular weight is 224 g/mol. The van der Waals surface area contributed by atoms with Crippen LogP contribution in [0.2, 0.25) is 0 Å². The molecule has 16 heavy (non-hydrogen) atoms. The van der Waals surface area contributed by atoms with Crippen molar-refractivity contribution in [3.05, 3.63) is 6.07 Å². The van der Waals surface area contributed by atoms with Crippen LogP contribution in [0.3, 0.4) is 0 Å². The number of ether oxygens (including phenoxy) is 1. The molecular formula is C9H12N4O3. The number of anilines is 2. The quantitative estimate of drug-likeness (QED) is 0.679. The summed E-state index contributed by atoms with van der Waals surface area (Å²) in [6, 6.07) is 1.51. The van der Waals surface area contributed by atoms with Crippen LogP contribution in [0.15, 0.2) is 6.07 Å². The topological polar surface area (TPSA) is 102 Å². The fraction of sp³-hybridized carbons (Fsp3) is 0.444. The van der Waals surface area contributed by atoms with E-state index in [1.54, 1.807) is 0 Å². The van der Waals surface area contributed by atoms with E-state index < -0.39 is 6.10 Å². The maximum Gasteiger partial charge on any atom is 0.230 e. The van der Waals surface area contributed by atoms with Crippen molar-refractivity contribution in [1.29, 1.82) is 0 Å². The van der Waals surface area contributed by atoms with Crippen LogP contribution in [-0.2, 0) is 4.79 Å². The molecule has 1 aromatic heterocycles. The maximum absolute atomic E-state index is 11.5. The second-order valence-electron chi connectivity index (χ2n) is 3.49. The van der Waals surface area contributed by atoms with Crippen LogP contribution in [0.5, 0.6) is 5.88 Å². The van der Waals surface area contributed by atoms with Crippen molar-refractivity contribution in [3.63, 3.8) is 0 Å². The highest BCUT2D eigenvalue weighted by Gasteiger charge is 2.30. The molecule has 0 radical (unpaired) electrons. The van der Waals surface area contributed by atoms with Crippen LogP contribution in [0.4, 0.5) is 11.8 Å². The molecule has 86 valence electrons. The monoisotopic (exact) mass is 224 g/mol. The first kappa shape index (κ1) is 10.6. The van der Waals surface area contributed by atoms with Crippen molar-refractivity contribution >= 4 is 17.7 Å². The number of aliphatic hydroxyl groups is 1. The Morgan fingerprint density at radius 1 is 1.62 bits per heavy atom.